The minimum atomic E-state index is -1.96. The number of phenols is 2. The van der Waals surface area contributed by atoms with E-state index in [1.165, 1.54) is 0 Å². The van der Waals surface area contributed by atoms with E-state index < -0.39 is 17.4 Å². The summed E-state index contributed by atoms with van der Waals surface area (Å²) in [4.78, 5) is 30.3. The van der Waals surface area contributed by atoms with Crippen molar-refractivity contribution in [3.8, 4) is 23.0 Å². The molecule has 0 aliphatic heterocycles. The second kappa shape index (κ2) is 16.8. The predicted octanol–water partition coefficient (Wildman–Crippen LogP) is 13.1. The van der Waals surface area contributed by atoms with Crippen molar-refractivity contribution in [1.82, 2.24) is 0 Å². The number of hydrogen-bond donors (Lipinski definition) is 2. The number of benzene rings is 4. The summed E-state index contributed by atoms with van der Waals surface area (Å²) in [5.74, 6) is -0.951. The van der Waals surface area contributed by atoms with Crippen LogP contribution in [0, 0.1) is 16.2 Å². The van der Waals surface area contributed by atoms with Gasteiger partial charge in [0.1, 0.15) is 23.0 Å². The van der Waals surface area contributed by atoms with Crippen molar-refractivity contribution in [3.63, 3.8) is 0 Å². The Morgan fingerprint density at radius 2 is 0.746 bits per heavy atom. The van der Waals surface area contributed by atoms with Gasteiger partial charge >= 0.3 is 11.9 Å². The van der Waals surface area contributed by atoms with Crippen molar-refractivity contribution in [1.29, 1.82) is 0 Å². The Bertz CT molecular complexity index is 1940. The number of carbonyl (C=O) groups is 2. The van der Waals surface area contributed by atoms with Crippen LogP contribution < -0.4 is 9.47 Å². The maximum absolute atomic E-state index is 15.1. The smallest absolute Gasteiger partial charge is 0.329 e. The molecule has 4 rings (SSSR count). The summed E-state index contributed by atoms with van der Waals surface area (Å²) < 4.78 is 12.5. The maximum atomic E-state index is 15.1. The SMILES string of the molecule is CC(C)(C)CC(C)(C)c1ccc(OC(=O)C(Cc2cc(O)cc(C(C)(C)C)c2)(Cc2cc(O)cc(C(C)(C)C)c2)C(=O)Oc2ccc(C(C)(C)CC(C)(C)C)cc2)cc1. The molecule has 4 aromatic carbocycles. The molecule has 6 nitrogen and oxygen atoms in total. The third kappa shape index (κ3) is 12.7. The molecule has 0 amide bonds. The molecule has 4 aromatic rings. The minimum Gasteiger partial charge on any atom is -0.508 e. The molecular weight excluding hydrogens is 733 g/mol. The van der Waals surface area contributed by atoms with Crippen molar-refractivity contribution < 1.29 is 29.3 Å². The van der Waals surface area contributed by atoms with Crippen LogP contribution in [0.25, 0.3) is 0 Å². The monoisotopic (exact) mass is 805 g/mol. The van der Waals surface area contributed by atoms with Gasteiger partial charge in [0.05, 0.1) is 0 Å². The van der Waals surface area contributed by atoms with Gasteiger partial charge in [0.25, 0.3) is 0 Å². The van der Waals surface area contributed by atoms with Crippen molar-refractivity contribution in [3.05, 3.63) is 118 Å². The lowest BCUT2D eigenvalue weighted by atomic mass is 9.72. The second-order valence-corrected chi connectivity index (χ2v) is 22.8. The first-order valence-electron chi connectivity index (χ1n) is 21.1. The number of ether oxygens (including phenoxy) is 2. The summed E-state index contributed by atoms with van der Waals surface area (Å²) >= 11 is 0. The Hall–Kier alpha value is -4.58. The van der Waals surface area contributed by atoms with Crippen LogP contribution in [0.4, 0.5) is 0 Å². The lowest BCUT2D eigenvalue weighted by Crippen LogP contribution is -2.48. The highest BCUT2D eigenvalue weighted by molar-refractivity contribution is 6.02. The summed E-state index contributed by atoms with van der Waals surface area (Å²) in [7, 11) is 0. The highest BCUT2D eigenvalue weighted by Gasteiger charge is 2.50. The van der Waals surface area contributed by atoms with Crippen LogP contribution in [0.5, 0.6) is 23.0 Å². The van der Waals surface area contributed by atoms with Gasteiger partial charge in [-0.3, -0.25) is 9.59 Å². The van der Waals surface area contributed by atoms with E-state index in [2.05, 4.69) is 69.2 Å². The van der Waals surface area contributed by atoms with Gasteiger partial charge in [0.15, 0.2) is 5.41 Å². The first-order valence-corrected chi connectivity index (χ1v) is 21.1. The molecule has 0 radical (unpaired) electrons. The normalized spacial score (nSPS) is 13.3. The van der Waals surface area contributed by atoms with E-state index in [4.69, 9.17) is 9.47 Å². The summed E-state index contributed by atoms with van der Waals surface area (Å²) in [5, 5.41) is 22.0. The van der Waals surface area contributed by atoms with Gasteiger partial charge in [-0.2, -0.15) is 0 Å². The van der Waals surface area contributed by atoms with Crippen LogP contribution in [0.2, 0.25) is 0 Å². The first kappa shape index (κ1) is 47.1. The standard InChI is InChI=1S/C53H72O6/c1-47(2,3)33-51(13,14)37-17-21-43(22-18-37)58-45(56)53(31-35-25-39(49(7,8)9)29-41(54)27-35,32-36-26-40(50(10,11)12)30-42(55)28-36)46(57)59-44-23-19-38(20-24-44)52(15,16)34-48(4,5)6/h17-30,54-55H,31-34H2,1-16H3. The van der Waals surface area contributed by atoms with Gasteiger partial charge in [-0.25, -0.2) is 0 Å². The van der Waals surface area contributed by atoms with E-state index in [1.54, 1.807) is 48.5 Å². The van der Waals surface area contributed by atoms with Crippen LogP contribution in [0.3, 0.4) is 0 Å². The molecule has 0 aliphatic rings. The molecule has 0 unspecified atom stereocenters. The van der Waals surface area contributed by atoms with E-state index in [0.717, 1.165) is 35.1 Å². The highest BCUT2D eigenvalue weighted by atomic mass is 16.6. The number of aromatic hydroxyl groups is 2. The van der Waals surface area contributed by atoms with E-state index in [1.807, 2.05) is 77.9 Å². The third-order valence-electron chi connectivity index (χ3n) is 11.1. The zero-order valence-corrected chi connectivity index (χ0v) is 38.9. The lowest BCUT2D eigenvalue weighted by molar-refractivity contribution is -0.161. The van der Waals surface area contributed by atoms with Gasteiger partial charge in [-0.15, -0.1) is 0 Å². The van der Waals surface area contributed by atoms with Gasteiger partial charge in [-0.1, -0.05) is 147 Å². The number of phenolic OH excluding ortho intramolecular Hbond substituents is 2. The molecule has 0 aliphatic carbocycles. The van der Waals surface area contributed by atoms with Crippen LogP contribution in [-0.2, 0) is 44.1 Å². The molecule has 0 fully saturated rings. The second-order valence-electron chi connectivity index (χ2n) is 22.8. The fourth-order valence-electron chi connectivity index (χ4n) is 8.76. The summed E-state index contributed by atoms with van der Waals surface area (Å²) in [6.45, 7) is 34.4. The van der Waals surface area contributed by atoms with E-state index in [9.17, 15) is 10.2 Å². The van der Waals surface area contributed by atoms with Crippen LogP contribution in [0.15, 0.2) is 84.9 Å². The Balaban J connectivity index is 1.90. The largest absolute Gasteiger partial charge is 0.508 e. The van der Waals surface area contributed by atoms with E-state index in [-0.39, 0.29) is 56.8 Å². The number of carbonyl (C=O) groups excluding carboxylic acids is 2. The number of esters is 2. The zero-order chi connectivity index (χ0) is 44.6. The van der Waals surface area contributed by atoms with Gasteiger partial charge in [0, 0.05) is 0 Å². The number of hydrogen-bond acceptors (Lipinski definition) is 6. The minimum absolute atomic E-state index is 0.0253. The molecule has 0 aromatic heterocycles. The van der Waals surface area contributed by atoms with Gasteiger partial charge < -0.3 is 19.7 Å². The number of rotatable bonds is 12. The van der Waals surface area contributed by atoms with Crippen molar-refractivity contribution >= 4 is 11.9 Å². The zero-order valence-electron chi connectivity index (χ0n) is 38.9. The van der Waals surface area contributed by atoms with Crippen LogP contribution in [0.1, 0.15) is 157 Å². The Morgan fingerprint density at radius 3 is 1.02 bits per heavy atom. The van der Waals surface area contributed by atoms with Crippen molar-refractivity contribution in [2.45, 2.75) is 158 Å². The van der Waals surface area contributed by atoms with Crippen LogP contribution in [-0.4, -0.2) is 22.2 Å². The average Bonchev–Trinajstić information content (AvgIpc) is 3.05. The average molecular weight is 805 g/mol. The first-order chi connectivity index (χ1) is 26.8. The molecule has 320 valence electrons. The molecule has 0 atom stereocenters. The summed E-state index contributed by atoms with van der Waals surface area (Å²) in [6, 6.07) is 25.5. The molecule has 0 heterocycles. The molecule has 2 N–H and O–H groups in total. The lowest BCUT2D eigenvalue weighted by Gasteiger charge is -2.33. The summed E-state index contributed by atoms with van der Waals surface area (Å²) in [6.07, 6.45) is 1.61. The molecule has 59 heavy (non-hydrogen) atoms. The fraction of sp³-hybridized carbons (Fsp3) is 0.509. The van der Waals surface area contributed by atoms with Crippen molar-refractivity contribution in [2.24, 2.45) is 16.2 Å². The molecular formula is C53H72O6. The molecule has 0 bridgehead atoms. The Kier molecular flexibility index (Phi) is 13.4. The Morgan fingerprint density at radius 1 is 0.441 bits per heavy atom. The molecule has 0 spiro atoms. The predicted molar refractivity (Wildman–Crippen MR) is 242 cm³/mol. The Labute approximate surface area is 355 Å². The maximum Gasteiger partial charge on any atom is 0.329 e. The molecule has 0 saturated heterocycles. The highest BCUT2D eigenvalue weighted by Crippen LogP contribution is 2.41. The van der Waals surface area contributed by atoms with Crippen LogP contribution >= 0.6 is 0 Å². The van der Waals surface area contributed by atoms with Gasteiger partial charge in [-0.05, 0) is 140 Å². The topological polar surface area (TPSA) is 93.1 Å². The van der Waals surface area contributed by atoms with Crippen molar-refractivity contribution in [2.75, 3.05) is 0 Å². The summed E-state index contributed by atoms with van der Waals surface area (Å²) in [5.41, 5.74) is 2.35. The fourth-order valence-corrected chi connectivity index (χ4v) is 8.76. The molecule has 6 heteroatoms. The van der Waals surface area contributed by atoms with E-state index >= 15 is 9.59 Å². The van der Waals surface area contributed by atoms with E-state index in [0.29, 0.717) is 22.6 Å². The molecule has 0 saturated carbocycles. The quantitative estimate of drug-likeness (QED) is 0.0841. The van der Waals surface area contributed by atoms with Gasteiger partial charge in [0.2, 0.25) is 0 Å². The third-order valence-corrected chi connectivity index (χ3v) is 11.1.